The second-order valence-corrected chi connectivity index (χ2v) is 6.47. The van der Waals surface area contributed by atoms with Crippen LogP contribution in [0.5, 0.6) is 11.5 Å². The van der Waals surface area contributed by atoms with Crippen molar-refractivity contribution in [1.29, 1.82) is 0 Å². The summed E-state index contributed by atoms with van der Waals surface area (Å²) < 4.78 is 10.5. The SMILES string of the molecule is COc1ccc(Nc2cc(C(=O)Nc3cc(Cl)ccc3C)ccn2)cc1OC. The van der Waals surface area contributed by atoms with E-state index in [1.165, 1.54) is 0 Å². The lowest BCUT2D eigenvalue weighted by Gasteiger charge is -2.12. The Morgan fingerprint density at radius 1 is 1.00 bits per heavy atom. The summed E-state index contributed by atoms with van der Waals surface area (Å²) in [5.41, 5.74) is 2.82. The monoisotopic (exact) mass is 397 g/mol. The summed E-state index contributed by atoms with van der Waals surface area (Å²) in [6.45, 7) is 1.91. The van der Waals surface area contributed by atoms with Gasteiger partial charge in [-0.05, 0) is 48.9 Å². The summed E-state index contributed by atoms with van der Waals surface area (Å²) in [6.07, 6.45) is 1.57. The van der Waals surface area contributed by atoms with Gasteiger partial charge in [0.25, 0.3) is 5.91 Å². The zero-order valence-electron chi connectivity index (χ0n) is 15.7. The topological polar surface area (TPSA) is 72.5 Å². The molecule has 3 aromatic rings. The van der Waals surface area contributed by atoms with Crippen LogP contribution in [0.1, 0.15) is 15.9 Å². The number of rotatable bonds is 6. The molecule has 6 nitrogen and oxygen atoms in total. The number of aromatic nitrogens is 1. The second kappa shape index (κ2) is 8.63. The molecule has 2 N–H and O–H groups in total. The van der Waals surface area contributed by atoms with E-state index in [1.54, 1.807) is 56.8 Å². The third-order valence-corrected chi connectivity index (χ3v) is 4.36. The summed E-state index contributed by atoms with van der Waals surface area (Å²) >= 11 is 6.02. The van der Waals surface area contributed by atoms with Crippen LogP contribution >= 0.6 is 11.6 Å². The van der Waals surface area contributed by atoms with Crippen LogP contribution in [0, 0.1) is 6.92 Å². The molecule has 2 aromatic carbocycles. The van der Waals surface area contributed by atoms with Crippen LogP contribution < -0.4 is 20.1 Å². The van der Waals surface area contributed by atoms with E-state index in [0.29, 0.717) is 33.6 Å². The van der Waals surface area contributed by atoms with Crippen molar-refractivity contribution in [3.63, 3.8) is 0 Å². The van der Waals surface area contributed by atoms with E-state index in [4.69, 9.17) is 21.1 Å². The van der Waals surface area contributed by atoms with Gasteiger partial charge in [0.05, 0.1) is 14.2 Å². The van der Waals surface area contributed by atoms with Gasteiger partial charge in [0, 0.05) is 34.2 Å². The molecule has 0 fully saturated rings. The van der Waals surface area contributed by atoms with Crippen LogP contribution in [0.2, 0.25) is 5.02 Å². The summed E-state index contributed by atoms with van der Waals surface area (Å²) in [5, 5.41) is 6.60. The Hall–Kier alpha value is -3.25. The van der Waals surface area contributed by atoms with Crippen molar-refractivity contribution in [3.8, 4) is 11.5 Å². The van der Waals surface area contributed by atoms with E-state index in [2.05, 4.69) is 15.6 Å². The van der Waals surface area contributed by atoms with Gasteiger partial charge in [0.1, 0.15) is 5.82 Å². The van der Waals surface area contributed by atoms with E-state index in [1.807, 2.05) is 19.1 Å². The van der Waals surface area contributed by atoms with Crippen LogP contribution in [0.4, 0.5) is 17.2 Å². The molecular formula is C21H20ClN3O3. The van der Waals surface area contributed by atoms with Crippen LogP contribution in [-0.4, -0.2) is 25.1 Å². The first-order valence-corrected chi connectivity index (χ1v) is 8.90. The molecule has 0 saturated carbocycles. The summed E-state index contributed by atoms with van der Waals surface area (Å²) in [4.78, 5) is 16.9. The Morgan fingerprint density at radius 2 is 1.79 bits per heavy atom. The number of nitrogens with zero attached hydrogens (tertiary/aromatic N) is 1. The minimum absolute atomic E-state index is 0.247. The molecule has 3 rings (SSSR count). The number of methoxy groups -OCH3 is 2. The number of aryl methyl sites for hydroxylation is 1. The van der Waals surface area contributed by atoms with Crippen molar-refractivity contribution in [1.82, 2.24) is 4.98 Å². The van der Waals surface area contributed by atoms with E-state index in [0.717, 1.165) is 11.3 Å². The molecule has 0 atom stereocenters. The Balaban J connectivity index is 1.78. The van der Waals surface area contributed by atoms with Gasteiger partial charge < -0.3 is 20.1 Å². The molecule has 144 valence electrons. The predicted octanol–water partition coefficient (Wildman–Crippen LogP) is 5.06. The molecule has 0 spiro atoms. The van der Waals surface area contributed by atoms with Gasteiger partial charge in [-0.15, -0.1) is 0 Å². The number of halogens is 1. The maximum absolute atomic E-state index is 12.6. The molecule has 0 saturated heterocycles. The smallest absolute Gasteiger partial charge is 0.255 e. The number of anilines is 3. The van der Waals surface area contributed by atoms with Crippen LogP contribution in [-0.2, 0) is 0 Å². The van der Waals surface area contributed by atoms with Gasteiger partial charge in [-0.3, -0.25) is 4.79 Å². The molecule has 7 heteroatoms. The van der Waals surface area contributed by atoms with Crippen molar-refractivity contribution in [3.05, 3.63) is 70.9 Å². The summed E-state index contributed by atoms with van der Waals surface area (Å²) in [7, 11) is 3.15. The van der Waals surface area contributed by atoms with Crippen molar-refractivity contribution in [2.24, 2.45) is 0 Å². The highest BCUT2D eigenvalue weighted by Gasteiger charge is 2.11. The number of ether oxygens (including phenoxy) is 2. The molecule has 0 bridgehead atoms. The van der Waals surface area contributed by atoms with Crippen LogP contribution in [0.15, 0.2) is 54.7 Å². The normalized spacial score (nSPS) is 10.3. The minimum Gasteiger partial charge on any atom is -0.493 e. The first-order valence-electron chi connectivity index (χ1n) is 8.53. The standard InChI is InChI=1S/C21H20ClN3O3/c1-13-4-5-15(22)11-17(13)25-21(26)14-8-9-23-20(10-14)24-16-6-7-18(27-2)19(12-16)28-3/h4-12H,1-3H3,(H,23,24)(H,25,26). The lowest BCUT2D eigenvalue weighted by molar-refractivity contribution is 0.102. The Labute approximate surface area is 168 Å². The number of amides is 1. The first kappa shape index (κ1) is 19.5. The van der Waals surface area contributed by atoms with Gasteiger partial charge in [0.2, 0.25) is 0 Å². The van der Waals surface area contributed by atoms with Crippen LogP contribution in [0.3, 0.4) is 0 Å². The highest BCUT2D eigenvalue weighted by molar-refractivity contribution is 6.31. The zero-order chi connectivity index (χ0) is 20.1. The molecule has 0 unspecified atom stereocenters. The molecule has 0 radical (unpaired) electrons. The fraction of sp³-hybridized carbons (Fsp3) is 0.143. The second-order valence-electron chi connectivity index (χ2n) is 6.04. The number of benzene rings is 2. The van der Waals surface area contributed by atoms with Gasteiger partial charge in [-0.1, -0.05) is 17.7 Å². The van der Waals surface area contributed by atoms with Crippen molar-refractivity contribution >= 4 is 34.7 Å². The van der Waals surface area contributed by atoms with Crippen molar-refractivity contribution in [2.75, 3.05) is 24.9 Å². The van der Waals surface area contributed by atoms with E-state index >= 15 is 0 Å². The third kappa shape index (κ3) is 4.53. The maximum atomic E-state index is 12.6. The Morgan fingerprint density at radius 3 is 2.54 bits per heavy atom. The lowest BCUT2D eigenvalue weighted by Crippen LogP contribution is -2.13. The molecular weight excluding hydrogens is 378 g/mol. The van der Waals surface area contributed by atoms with Gasteiger partial charge in [0.15, 0.2) is 11.5 Å². The van der Waals surface area contributed by atoms with Crippen molar-refractivity contribution in [2.45, 2.75) is 6.92 Å². The van der Waals surface area contributed by atoms with Gasteiger partial charge in [-0.25, -0.2) is 4.98 Å². The molecule has 0 aliphatic heterocycles. The third-order valence-electron chi connectivity index (χ3n) is 4.13. The maximum Gasteiger partial charge on any atom is 0.255 e. The highest BCUT2D eigenvalue weighted by atomic mass is 35.5. The van der Waals surface area contributed by atoms with Gasteiger partial charge >= 0.3 is 0 Å². The average molecular weight is 398 g/mol. The molecule has 1 aromatic heterocycles. The van der Waals surface area contributed by atoms with E-state index < -0.39 is 0 Å². The number of carbonyl (C=O) groups is 1. The Kier molecular flexibility index (Phi) is 6.01. The fourth-order valence-electron chi connectivity index (χ4n) is 2.63. The first-order chi connectivity index (χ1) is 13.5. The molecule has 1 amide bonds. The lowest BCUT2D eigenvalue weighted by atomic mass is 10.2. The average Bonchev–Trinajstić information content (AvgIpc) is 2.70. The molecule has 28 heavy (non-hydrogen) atoms. The molecule has 1 heterocycles. The van der Waals surface area contributed by atoms with Crippen LogP contribution in [0.25, 0.3) is 0 Å². The highest BCUT2D eigenvalue weighted by Crippen LogP contribution is 2.31. The summed E-state index contributed by atoms with van der Waals surface area (Å²) in [5.74, 6) is 1.51. The number of hydrogen-bond donors (Lipinski definition) is 2. The van der Waals surface area contributed by atoms with Crippen molar-refractivity contribution < 1.29 is 14.3 Å². The number of carbonyl (C=O) groups excluding carboxylic acids is 1. The predicted molar refractivity (Wildman–Crippen MR) is 111 cm³/mol. The zero-order valence-corrected chi connectivity index (χ0v) is 16.5. The largest absolute Gasteiger partial charge is 0.493 e. The number of nitrogens with one attached hydrogen (secondary N) is 2. The molecule has 0 aliphatic rings. The Bertz CT molecular complexity index is 1010. The van der Waals surface area contributed by atoms with Gasteiger partial charge in [-0.2, -0.15) is 0 Å². The van der Waals surface area contributed by atoms with E-state index in [9.17, 15) is 4.79 Å². The quantitative estimate of drug-likeness (QED) is 0.608. The summed E-state index contributed by atoms with van der Waals surface area (Å²) in [6, 6.07) is 14.1. The minimum atomic E-state index is -0.247. The fourth-order valence-corrected chi connectivity index (χ4v) is 2.80. The van der Waals surface area contributed by atoms with E-state index in [-0.39, 0.29) is 5.91 Å². The number of pyridine rings is 1. The molecule has 0 aliphatic carbocycles. The number of hydrogen-bond acceptors (Lipinski definition) is 5.